The van der Waals surface area contributed by atoms with Crippen molar-refractivity contribution in [2.24, 2.45) is 0 Å². The Labute approximate surface area is 180 Å². The maximum absolute atomic E-state index is 9.22. The fourth-order valence-electron chi connectivity index (χ4n) is 4.46. The molecule has 3 aromatic rings. The highest BCUT2D eigenvalue weighted by Crippen LogP contribution is 2.38. The van der Waals surface area contributed by atoms with Gasteiger partial charge in [-0.2, -0.15) is 5.26 Å². The van der Waals surface area contributed by atoms with Crippen molar-refractivity contribution in [2.45, 2.75) is 57.8 Å². The number of anilines is 3. The van der Waals surface area contributed by atoms with Gasteiger partial charge in [-0.3, -0.25) is 0 Å². The molecule has 0 saturated heterocycles. The van der Waals surface area contributed by atoms with E-state index in [-0.39, 0.29) is 5.92 Å². The molecule has 0 N–H and O–H groups in total. The van der Waals surface area contributed by atoms with Gasteiger partial charge in [-0.1, -0.05) is 61.2 Å². The first kappa shape index (κ1) is 20.2. The smallest absolute Gasteiger partial charge is 0.0700 e. The number of hydrogen-bond donors (Lipinski definition) is 0. The highest BCUT2D eigenvalue weighted by Gasteiger charge is 2.17. The maximum atomic E-state index is 9.22. The molecular weight excluding hydrogens is 364 g/mol. The van der Waals surface area contributed by atoms with Crippen LogP contribution >= 0.6 is 0 Å². The summed E-state index contributed by atoms with van der Waals surface area (Å²) in [5.74, 6) is 0.619. The van der Waals surface area contributed by atoms with Gasteiger partial charge in [0.05, 0.1) is 12.0 Å². The van der Waals surface area contributed by atoms with Crippen molar-refractivity contribution < 1.29 is 0 Å². The fourth-order valence-corrected chi connectivity index (χ4v) is 4.46. The monoisotopic (exact) mass is 394 g/mol. The molecule has 4 rings (SSSR count). The van der Waals surface area contributed by atoms with Crippen LogP contribution in [0.5, 0.6) is 0 Å². The van der Waals surface area contributed by atoms with Gasteiger partial charge in [-0.15, -0.1) is 0 Å². The Morgan fingerprint density at radius 1 is 0.767 bits per heavy atom. The van der Waals surface area contributed by atoms with E-state index in [2.05, 4.69) is 90.7 Å². The molecule has 30 heavy (non-hydrogen) atoms. The predicted octanol–water partition coefficient (Wildman–Crippen LogP) is 8.14. The molecule has 152 valence electrons. The molecule has 0 heterocycles. The van der Waals surface area contributed by atoms with Gasteiger partial charge in [-0.25, -0.2) is 0 Å². The molecule has 1 aliphatic carbocycles. The van der Waals surface area contributed by atoms with E-state index in [1.807, 2.05) is 6.92 Å². The van der Waals surface area contributed by atoms with Crippen LogP contribution in [0.1, 0.15) is 67.6 Å². The Morgan fingerprint density at radius 2 is 1.27 bits per heavy atom. The Bertz CT molecular complexity index is 989. The molecule has 1 aliphatic rings. The van der Waals surface area contributed by atoms with E-state index >= 15 is 0 Å². The Kier molecular flexibility index (Phi) is 6.19. The third-order valence-corrected chi connectivity index (χ3v) is 6.36. The van der Waals surface area contributed by atoms with Crippen LogP contribution in [0.4, 0.5) is 17.1 Å². The minimum absolute atomic E-state index is 0.0957. The zero-order valence-corrected chi connectivity index (χ0v) is 18.0. The third kappa shape index (κ3) is 4.41. The zero-order chi connectivity index (χ0) is 20.9. The van der Waals surface area contributed by atoms with Crippen LogP contribution in [0.2, 0.25) is 0 Å². The first-order valence-electron chi connectivity index (χ1n) is 11.1. The maximum Gasteiger partial charge on any atom is 0.0700 e. The van der Waals surface area contributed by atoms with Crippen molar-refractivity contribution in [3.05, 3.63) is 89.5 Å². The van der Waals surface area contributed by atoms with Crippen LogP contribution in [0, 0.1) is 18.3 Å². The lowest BCUT2D eigenvalue weighted by molar-refractivity contribution is 0.443. The highest BCUT2D eigenvalue weighted by atomic mass is 15.1. The summed E-state index contributed by atoms with van der Waals surface area (Å²) in [6.45, 7) is 4.06. The number of benzene rings is 3. The van der Waals surface area contributed by atoms with Crippen molar-refractivity contribution in [3.63, 3.8) is 0 Å². The molecule has 0 spiro atoms. The lowest BCUT2D eigenvalue weighted by Gasteiger charge is -2.27. The largest absolute Gasteiger partial charge is 0.311 e. The molecule has 0 aromatic heterocycles. The van der Waals surface area contributed by atoms with Crippen LogP contribution in [-0.4, -0.2) is 0 Å². The molecule has 2 heteroatoms. The zero-order valence-electron chi connectivity index (χ0n) is 18.0. The lowest BCUT2D eigenvalue weighted by Crippen LogP contribution is -2.11. The summed E-state index contributed by atoms with van der Waals surface area (Å²) in [5.41, 5.74) is 7.20. The van der Waals surface area contributed by atoms with Crippen LogP contribution in [-0.2, 0) is 0 Å². The Balaban J connectivity index is 1.68. The molecular formula is C28H30N2. The summed E-state index contributed by atoms with van der Waals surface area (Å²) in [6, 6.07) is 28.5. The van der Waals surface area contributed by atoms with Gasteiger partial charge in [0.25, 0.3) is 0 Å². The molecule has 0 radical (unpaired) electrons. The number of nitrogens with zero attached hydrogens (tertiary/aromatic N) is 2. The molecule has 0 aliphatic heterocycles. The molecule has 0 amide bonds. The van der Waals surface area contributed by atoms with E-state index in [0.717, 1.165) is 16.9 Å². The van der Waals surface area contributed by atoms with E-state index in [4.69, 9.17) is 0 Å². The van der Waals surface area contributed by atoms with Crippen molar-refractivity contribution in [1.29, 1.82) is 5.26 Å². The van der Waals surface area contributed by atoms with E-state index in [0.29, 0.717) is 5.92 Å². The molecule has 1 saturated carbocycles. The second kappa shape index (κ2) is 9.18. The summed E-state index contributed by atoms with van der Waals surface area (Å²) >= 11 is 0. The van der Waals surface area contributed by atoms with Crippen molar-refractivity contribution in [1.82, 2.24) is 0 Å². The van der Waals surface area contributed by atoms with E-state index in [1.165, 1.54) is 48.9 Å². The number of nitriles is 1. The first-order valence-corrected chi connectivity index (χ1v) is 11.1. The highest BCUT2D eigenvalue weighted by molar-refractivity contribution is 5.76. The number of aryl methyl sites for hydroxylation is 1. The van der Waals surface area contributed by atoms with Crippen molar-refractivity contribution in [3.8, 4) is 6.07 Å². The third-order valence-electron chi connectivity index (χ3n) is 6.36. The minimum atomic E-state index is -0.0957. The summed E-state index contributed by atoms with van der Waals surface area (Å²) in [4.78, 5) is 2.30. The van der Waals surface area contributed by atoms with Gasteiger partial charge >= 0.3 is 0 Å². The Morgan fingerprint density at radius 3 is 1.80 bits per heavy atom. The molecule has 2 nitrogen and oxygen atoms in total. The SMILES string of the molecule is Cc1ccc(N(c2ccc(C(C)C#N)cc2)c2ccc(C3CCCCC3)cc2)cc1. The quantitative estimate of drug-likeness (QED) is 0.436. The summed E-state index contributed by atoms with van der Waals surface area (Å²) < 4.78 is 0. The number of rotatable bonds is 5. The second-order valence-corrected chi connectivity index (χ2v) is 8.54. The normalized spacial score (nSPS) is 15.4. The summed E-state index contributed by atoms with van der Waals surface area (Å²) in [6.07, 6.45) is 6.74. The minimum Gasteiger partial charge on any atom is -0.311 e. The fraction of sp³-hybridized carbons (Fsp3) is 0.321. The standard InChI is InChI=1S/C28H30N2/c1-21-8-14-26(15-9-21)30(27-16-10-23(11-17-27)22(2)20-29)28-18-12-25(13-19-28)24-6-4-3-5-7-24/h8-19,22,24H,3-7H2,1-2H3. The van der Waals surface area contributed by atoms with E-state index in [1.54, 1.807) is 0 Å². The second-order valence-electron chi connectivity index (χ2n) is 8.54. The van der Waals surface area contributed by atoms with Gasteiger partial charge < -0.3 is 4.90 Å². The van der Waals surface area contributed by atoms with Gasteiger partial charge in [0, 0.05) is 17.1 Å². The van der Waals surface area contributed by atoms with Crippen molar-refractivity contribution in [2.75, 3.05) is 4.90 Å². The van der Waals surface area contributed by atoms with Gasteiger partial charge in [0.2, 0.25) is 0 Å². The predicted molar refractivity (Wildman–Crippen MR) is 126 cm³/mol. The average molecular weight is 395 g/mol. The Hall–Kier alpha value is -3.05. The topological polar surface area (TPSA) is 27.0 Å². The van der Waals surface area contributed by atoms with Gasteiger partial charge in [0.15, 0.2) is 0 Å². The summed E-state index contributed by atoms with van der Waals surface area (Å²) in [5, 5.41) is 9.22. The molecule has 1 fully saturated rings. The molecule has 3 aromatic carbocycles. The molecule has 1 unspecified atom stereocenters. The van der Waals surface area contributed by atoms with Crippen LogP contribution in [0.15, 0.2) is 72.8 Å². The van der Waals surface area contributed by atoms with Crippen LogP contribution in [0.25, 0.3) is 0 Å². The van der Waals surface area contributed by atoms with E-state index < -0.39 is 0 Å². The van der Waals surface area contributed by atoms with Crippen LogP contribution < -0.4 is 4.90 Å². The van der Waals surface area contributed by atoms with Crippen molar-refractivity contribution >= 4 is 17.1 Å². The van der Waals surface area contributed by atoms with Crippen LogP contribution in [0.3, 0.4) is 0 Å². The average Bonchev–Trinajstić information content (AvgIpc) is 2.81. The first-order chi connectivity index (χ1) is 14.7. The van der Waals surface area contributed by atoms with E-state index in [9.17, 15) is 5.26 Å². The summed E-state index contributed by atoms with van der Waals surface area (Å²) in [7, 11) is 0. The molecule has 1 atom stereocenters. The molecule has 0 bridgehead atoms. The number of hydrogen-bond acceptors (Lipinski definition) is 2. The lowest BCUT2D eigenvalue weighted by atomic mass is 9.84. The van der Waals surface area contributed by atoms with Gasteiger partial charge in [-0.05, 0) is 80.1 Å². The van der Waals surface area contributed by atoms with Gasteiger partial charge in [0.1, 0.15) is 0 Å².